The van der Waals surface area contributed by atoms with Crippen LogP contribution in [-0.2, 0) is 14.4 Å². The summed E-state index contributed by atoms with van der Waals surface area (Å²) in [7, 11) is 3.84. The Labute approximate surface area is 212 Å². The molecule has 36 heavy (non-hydrogen) atoms. The van der Waals surface area contributed by atoms with Gasteiger partial charge in [-0.1, -0.05) is 13.8 Å². The number of carbonyl (C=O) groups excluding carboxylic acids is 4. The molecule has 2 unspecified atom stereocenters. The van der Waals surface area contributed by atoms with Gasteiger partial charge < -0.3 is 30.4 Å². The van der Waals surface area contributed by atoms with Crippen molar-refractivity contribution in [1.82, 2.24) is 20.4 Å². The van der Waals surface area contributed by atoms with Crippen LogP contribution >= 0.6 is 0 Å². The molecule has 3 aliphatic heterocycles. The van der Waals surface area contributed by atoms with Crippen molar-refractivity contribution < 1.29 is 24.3 Å². The lowest BCUT2D eigenvalue weighted by atomic mass is 10.0. The first-order valence-electron chi connectivity index (χ1n) is 12.7. The fraction of sp³-hybridized carbons (Fsp3) is 0.615. The van der Waals surface area contributed by atoms with Crippen LogP contribution in [0.1, 0.15) is 43.5 Å². The third-order valence-electron chi connectivity index (χ3n) is 7.35. The van der Waals surface area contributed by atoms with Gasteiger partial charge in [0.05, 0.1) is 24.7 Å². The van der Waals surface area contributed by atoms with E-state index in [0.29, 0.717) is 37.9 Å². The lowest BCUT2D eigenvalue weighted by Gasteiger charge is -2.29. The topological polar surface area (TPSA) is 122 Å². The van der Waals surface area contributed by atoms with Gasteiger partial charge in [-0.25, -0.2) is 0 Å². The fourth-order valence-electron chi connectivity index (χ4n) is 5.51. The molecule has 10 heteroatoms. The highest BCUT2D eigenvalue weighted by molar-refractivity contribution is 6.01. The van der Waals surface area contributed by atoms with Crippen molar-refractivity contribution in [3.63, 3.8) is 0 Å². The molecule has 10 nitrogen and oxygen atoms in total. The van der Waals surface area contributed by atoms with E-state index in [1.54, 1.807) is 21.9 Å². The standard InChI is InChI=1S/C26H37N5O5/c1-15(2)11-20(28-24(34)16-5-7-17(8-6-16)29(3)4)26(36)30-10-9-21-23(30)22(33)14-31(21)25(35)19-12-18(32)13-27-19/h5-8,15,18-21,23,27,32H,9-14H2,1-4H3,(H,28,34)/t18-,19+,20+,21?,23?/m1/s1. The summed E-state index contributed by atoms with van der Waals surface area (Å²) in [5.41, 5.74) is 1.42. The van der Waals surface area contributed by atoms with Crippen LogP contribution < -0.4 is 15.5 Å². The summed E-state index contributed by atoms with van der Waals surface area (Å²) in [5.74, 6) is -0.838. The molecular formula is C26H37N5O5. The van der Waals surface area contributed by atoms with Crippen molar-refractivity contribution in [3.05, 3.63) is 29.8 Å². The average molecular weight is 500 g/mol. The fourth-order valence-corrected chi connectivity index (χ4v) is 5.51. The summed E-state index contributed by atoms with van der Waals surface area (Å²) in [5, 5.41) is 15.7. The first kappa shape index (κ1) is 26.1. The highest BCUT2D eigenvalue weighted by Crippen LogP contribution is 2.32. The SMILES string of the molecule is CC(C)C[C@H](NC(=O)c1ccc(N(C)C)cc1)C(=O)N1CCC2C1C(=O)CN2C(=O)[C@@H]1C[C@@H](O)CN1. The summed E-state index contributed by atoms with van der Waals surface area (Å²) >= 11 is 0. The van der Waals surface area contributed by atoms with Crippen molar-refractivity contribution in [2.45, 2.75) is 63.4 Å². The van der Waals surface area contributed by atoms with Crippen molar-refractivity contribution in [2.24, 2.45) is 5.92 Å². The van der Waals surface area contributed by atoms with E-state index in [4.69, 9.17) is 0 Å². The zero-order valence-electron chi connectivity index (χ0n) is 21.4. The summed E-state index contributed by atoms with van der Waals surface area (Å²) < 4.78 is 0. The van der Waals surface area contributed by atoms with E-state index < -0.39 is 24.2 Å². The van der Waals surface area contributed by atoms with Crippen molar-refractivity contribution in [2.75, 3.05) is 38.6 Å². The largest absolute Gasteiger partial charge is 0.392 e. The Morgan fingerprint density at radius 1 is 1.17 bits per heavy atom. The molecule has 0 bridgehead atoms. The number of Topliss-reactive ketones (excluding diaryl/α,β-unsaturated/α-hetero) is 1. The third-order valence-corrected chi connectivity index (χ3v) is 7.35. The zero-order chi connectivity index (χ0) is 26.1. The first-order valence-corrected chi connectivity index (χ1v) is 12.7. The maximum atomic E-state index is 13.7. The van der Waals surface area contributed by atoms with Gasteiger partial charge in [-0.05, 0) is 49.4 Å². The van der Waals surface area contributed by atoms with Gasteiger partial charge in [-0.2, -0.15) is 0 Å². The Balaban J connectivity index is 1.47. The smallest absolute Gasteiger partial charge is 0.251 e. The summed E-state index contributed by atoms with van der Waals surface area (Å²) in [6.07, 6.45) is 0.697. The number of β-amino-alcohol motifs (C(OH)–C–C–N with tert-alkyl or cyclic N) is 1. The van der Waals surface area contributed by atoms with Crippen LogP contribution in [0.15, 0.2) is 24.3 Å². The number of amides is 3. The minimum absolute atomic E-state index is 0.0361. The predicted octanol–water partition coefficient (Wildman–Crippen LogP) is 0.000700. The van der Waals surface area contributed by atoms with Crippen LogP contribution in [-0.4, -0.2) is 102 Å². The molecule has 0 spiro atoms. The number of nitrogens with one attached hydrogen (secondary N) is 2. The Morgan fingerprint density at radius 3 is 2.44 bits per heavy atom. The molecule has 3 aliphatic rings. The van der Waals surface area contributed by atoms with E-state index in [1.165, 1.54) is 0 Å². The number of anilines is 1. The van der Waals surface area contributed by atoms with Gasteiger partial charge in [0.1, 0.15) is 12.1 Å². The van der Waals surface area contributed by atoms with E-state index in [-0.39, 0.29) is 42.0 Å². The second-order valence-corrected chi connectivity index (χ2v) is 10.7. The Hall–Kier alpha value is -2.98. The normalized spacial score (nSPS) is 26.3. The van der Waals surface area contributed by atoms with E-state index in [9.17, 15) is 24.3 Å². The molecule has 4 rings (SSSR count). The van der Waals surface area contributed by atoms with E-state index in [2.05, 4.69) is 10.6 Å². The van der Waals surface area contributed by atoms with Crippen molar-refractivity contribution in [1.29, 1.82) is 0 Å². The van der Waals surface area contributed by atoms with Crippen molar-refractivity contribution in [3.8, 4) is 0 Å². The molecule has 3 N–H and O–H groups in total. The van der Waals surface area contributed by atoms with Gasteiger partial charge in [0, 0.05) is 38.4 Å². The lowest BCUT2D eigenvalue weighted by molar-refractivity contribution is -0.138. The van der Waals surface area contributed by atoms with Crippen molar-refractivity contribution >= 4 is 29.2 Å². The molecular weight excluding hydrogens is 462 g/mol. The van der Waals surface area contributed by atoms with Gasteiger partial charge in [0.15, 0.2) is 5.78 Å². The van der Waals surface area contributed by atoms with E-state index >= 15 is 0 Å². The van der Waals surface area contributed by atoms with Gasteiger partial charge in [0.25, 0.3) is 5.91 Å². The zero-order valence-corrected chi connectivity index (χ0v) is 21.4. The minimum atomic E-state index is -0.769. The third kappa shape index (κ3) is 5.24. The molecule has 1 aromatic carbocycles. The van der Waals surface area contributed by atoms with Gasteiger partial charge in [-0.15, -0.1) is 0 Å². The van der Waals surface area contributed by atoms with E-state index in [0.717, 1.165) is 5.69 Å². The maximum absolute atomic E-state index is 13.7. The van der Waals surface area contributed by atoms with Gasteiger partial charge >= 0.3 is 0 Å². The van der Waals surface area contributed by atoms with Crippen LogP contribution in [0, 0.1) is 5.92 Å². The van der Waals surface area contributed by atoms with Crippen LogP contribution in [0.4, 0.5) is 5.69 Å². The predicted molar refractivity (Wildman–Crippen MR) is 135 cm³/mol. The summed E-state index contributed by atoms with van der Waals surface area (Å²) in [6, 6.07) is 4.80. The molecule has 0 saturated carbocycles. The molecule has 3 fully saturated rings. The van der Waals surface area contributed by atoms with Gasteiger partial charge in [0.2, 0.25) is 11.8 Å². The number of carbonyl (C=O) groups is 4. The minimum Gasteiger partial charge on any atom is -0.392 e. The second kappa shape index (κ2) is 10.6. The number of nitrogens with zero attached hydrogens (tertiary/aromatic N) is 3. The highest BCUT2D eigenvalue weighted by Gasteiger charge is 2.53. The molecule has 196 valence electrons. The quantitative estimate of drug-likeness (QED) is 0.483. The molecule has 1 aromatic rings. The molecule has 0 aliphatic carbocycles. The number of benzene rings is 1. The molecule has 3 heterocycles. The number of hydrogen-bond acceptors (Lipinski definition) is 7. The number of aliphatic hydroxyl groups excluding tert-OH is 1. The number of hydrogen-bond donors (Lipinski definition) is 3. The molecule has 0 radical (unpaired) electrons. The molecule has 5 atom stereocenters. The van der Waals surface area contributed by atoms with Crippen LogP contribution in [0.2, 0.25) is 0 Å². The first-order chi connectivity index (χ1) is 17.1. The Kier molecular flexibility index (Phi) is 7.65. The van der Waals surface area contributed by atoms with E-state index in [1.807, 2.05) is 45.0 Å². The Bertz CT molecular complexity index is 1010. The molecule has 0 aromatic heterocycles. The summed E-state index contributed by atoms with van der Waals surface area (Å²) in [6.45, 7) is 4.63. The second-order valence-electron chi connectivity index (χ2n) is 10.7. The average Bonchev–Trinajstić information content (AvgIpc) is 3.54. The lowest BCUT2D eigenvalue weighted by Crippen LogP contribution is -2.53. The Morgan fingerprint density at radius 2 is 1.86 bits per heavy atom. The van der Waals surface area contributed by atoms with Crippen LogP contribution in [0.5, 0.6) is 0 Å². The number of rotatable bonds is 7. The summed E-state index contributed by atoms with van der Waals surface area (Å²) in [4.78, 5) is 57.8. The van der Waals surface area contributed by atoms with Crippen LogP contribution in [0.25, 0.3) is 0 Å². The highest BCUT2D eigenvalue weighted by atomic mass is 16.3. The molecule has 3 saturated heterocycles. The number of fused-ring (bicyclic) bond motifs is 1. The number of likely N-dealkylation sites (tertiary alicyclic amines) is 2. The van der Waals surface area contributed by atoms with Gasteiger partial charge in [-0.3, -0.25) is 19.2 Å². The number of aliphatic hydroxyl groups is 1. The van der Waals surface area contributed by atoms with Crippen LogP contribution in [0.3, 0.4) is 0 Å². The monoisotopic (exact) mass is 499 g/mol. The molecule has 3 amide bonds. The maximum Gasteiger partial charge on any atom is 0.251 e. The number of ketones is 1.